The van der Waals surface area contributed by atoms with Crippen LogP contribution in [0.1, 0.15) is 27.7 Å². The van der Waals surface area contributed by atoms with E-state index in [-0.39, 0.29) is 5.41 Å². The van der Waals surface area contributed by atoms with Gasteiger partial charge in [0.25, 0.3) is 0 Å². The van der Waals surface area contributed by atoms with Crippen molar-refractivity contribution in [3.8, 4) is 0 Å². The van der Waals surface area contributed by atoms with E-state index in [1.54, 1.807) is 0 Å². The monoisotopic (exact) mass is 165 g/mol. The number of hydrogen-bond donors (Lipinski definition) is 0. The van der Waals surface area contributed by atoms with Crippen molar-refractivity contribution in [1.29, 1.82) is 0 Å². The summed E-state index contributed by atoms with van der Waals surface area (Å²) in [5, 5.41) is 0. The number of likely N-dealkylation sites (N-methyl/N-ethyl adjacent to an activating group) is 1. The molecule has 1 unspecified atom stereocenters. The smallest absolute Gasteiger partial charge is 0.0439 e. The van der Waals surface area contributed by atoms with Crippen LogP contribution in [0, 0.1) is 5.41 Å². The highest BCUT2D eigenvalue weighted by molar-refractivity contribution is 5.28. The molecule has 0 aromatic carbocycles. The lowest BCUT2D eigenvalue weighted by Gasteiger charge is -2.30. The molecule has 0 aromatic rings. The molecule has 1 nitrogen and oxygen atoms in total. The Hall–Kier alpha value is -0.720. The molecule has 0 saturated heterocycles. The second kappa shape index (κ2) is 2.96. The van der Waals surface area contributed by atoms with Gasteiger partial charge in [-0.2, -0.15) is 0 Å². The fourth-order valence-corrected chi connectivity index (χ4v) is 1.20. The fourth-order valence-electron chi connectivity index (χ4n) is 1.20. The molecular weight excluding hydrogens is 146 g/mol. The van der Waals surface area contributed by atoms with Gasteiger partial charge in [-0.05, 0) is 17.9 Å². The lowest BCUT2D eigenvalue weighted by atomic mass is 9.85. The van der Waals surface area contributed by atoms with Gasteiger partial charge in [0.05, 0.1) is 0 Å². The van der Waals surface area contributed by atoms with Crippen LogP contribution in [0.3, 0.4) is 0 Å². The first kappa shape index (κ1) is 9.37. The first-order chi connectivity index (χ1) is 5.41. The van der Waals surface area contributed by atoms with Crippen LogP contribution in [0.4, 0.5) is 0 Å². The van der Waals surface area contributed by atoms with Gasteiger partial charge in [0.15, 0.2) is 0 Å². The lowest BCUT2D eigenvalue weighted by Crippen LogP contribution is -2.26. The molecule has 1 aliphatic heterocycles. The third-order valence-corrected chi connectivity index (χ3v) is 2.41. The molecule has 0 aliphatic carbocycles. The van der Waals surface area contributed by atoms with Gasteiger partial charge < -0.3 is 4.90 Å². The third-order valence-electron chi connectivity index (χ3n) is 2.41. The van der Waals surface area contributed by atoms with Gasteiger partial charge in [0.2, 0.25) is 0 Å². The molecule has 0 saturated carbocycles. The Kier molecular flexibility index (Phi) is 2.31. The molecule has 1 atom stereocenters. The summed E-state index contributed by atoms with van der Waals surface area (Å²) in [6.45, 7) is 8.93. The topological polar surface area (TPSA) is 3.24 Å². The zero-order valence-corrected chi connectivity index (χ0v) is 8.76. The molecule has 0 aromatic heterocycles. The van der Waals surface area contributed by atoms with E-state index in [2.05, 4.69) is 58.0 Å². The minimum atomic E-state index is 0.269. The van der Waals surface area contributed by atoms with Crippen molar-refractivity contribution in [2.75, 3.05) is 7.05 Å². The summed E-state index contributed by atoms with van der Waals surface area (Å²) in [7, 11) is 2.12. The number of hydrogen-bond acceptors (Lipinski definition) is 1. The van der Waals surface area contributed by atoms with E-state index in [1.807, 2.05) is 0 Å². The SMILES string of the molecule is CC1C=CC(C(C)(C)C)=CN1C. The second-order valence-electron chi connectivity index (χ2n) is 4.60. The molecule has 1 heteroatoms. The molecule has 0 spiro atoms. The van der Waals surface area contributed by atoms with Crippen LogP contribution in [0.5, 0.6) is 0 Å². The number of nitrogens with zero attached hydrogens (tertiary/aromatic N) is 1. The molecule has 0 fully saturated rings. The van der Waals surface area contributed by atoms with Crippen LogP contribution in [0.25, 0.3) is 0 Å². The van der Waals surface area contributed by atoms with Gasteiger partial charge >= 0.3 is 0 Å². The van der Waals surface area contributed by atoms with E-state index < -0.39 is 0 Å². The third kappa shape index (κ3) is 1.90. The van der Waals surface area contributed by atoms with Gasteiger partial charge in [0, 0.05) is 19.3 Å². The summed E-state index contributed by atoms with van der Waals surface area (Å²) < 4.78 is 0. The van der Waals surface area contributed by atoms with Crippen LogP contribution in [-0.4, -0.2) is 18.0 Å². The van der Waals surface area contributed by atoms with Gasteiger partial charge in [-0.3, -0.25) is 0 Å². The Morgan fingerprint density at radius 1 is 1.33 bits per heavy atom. The molecule has 0 amide bonds. The van der Waals surface area contributed by atoms with Crippen LogP contribution < -0.4 is 0 Å². The molecule has 1 rings (SSSR count). The predicted molar refractivity (Wildman–Crippen MR) is 53.9 cm³/mol. The van der Waals surface area contributed by atoms with Crippen LogP contribution in [0.15, 0.2) is 23.9 Å². The average Bonchev–Trinajstić information content (AvgIpc) is 1.92. The molecule has 1 heterocycles. The number of allylic oxidation sites excluding steroid dienone is 2. The van der Waals surface area contributed by atoms with Gasteiger partial charge in [-0.25, -0.2) is 0 Å². The quantitative estimate of drug-likeness (QED) is 0.533. The van der Waals surface area contributed by atoms with Crippen molar-refractivity contribution < 1.29 is 0 Å². The Morgan fingerprint density at radius 2 is 1.92 bits per heavy atom. The standard InChI is InChI=1S/C11H19N/c1-9-6-7-10(8-12(9)5)11(2,3)4/h6-9H,1-5H3. The summed E-state index contributed by atoms with van der Waals surface area (Å²) in [6, 6.07) is 0.538. The molecular formula is C11H19N. The molecule has 0 radical (unpaired) electrons. The lowest BCUT2D eigenvalue weighted by molar-refractivity contribution is 0.381. The molecule has 12 heavy (non-hydrogen) atoms. The molecule has 1 aliphatic rings. The first-order valence-corrected chi connectivity index (χ1v) is 4.53. The van der Waals surface area contributed by atoms with Gasteiger partial charge in [0.1, 0.15) is 0 Å². The van der Waals surface area contributed by atoms with Crippen LogP contribution in [0.2, 0.25) is 0 Å². The Bertz CT molecular complexity index is 218. The van der Waals surface area contributed by atoms with E-state index in [1.165, 1.54) is 5.57 Å². The van der Waals surface area contributed by atoms with Crippen molar-refractivity contribution in [3.63, 3.8) is 0 Å². The highest BCUT2D eigenvalue weighted by Gasteiger charge is 2.18. The van der Waals surface area contributed by atoms with E-state index in [0.29, 0.717) is 6.04 Å². The highest BCUT2D eigenvalue weighted by Crippen LogP contribution is 2.29. The zero-order valence-electron chi connectivity index (χ0n) is 8.76. The largest absolute Gasteiger partial charge is 0.374 e. The van der Waals surface area contributed by atoms with Crippen molar-refractivity contribution >= 4 is 0 Å². The van der Waals surface area contributed by atoms with Crippen molar-refractivity contribution in [2.24, 2.45) is 5.41 Å². The summed E-state index contributed by atoms with van der Waals surface area (Å²) in [5.74, 6) is 0. The van der Waals surface area contributed by atoms with Crippen LogP contribution >= 0.6 is 0 Å². The highest BCUT2D eigenvalue weighted by atomic mass is 15.1. The minimum absolute atomic E-state index is 0.269. The van der Waals surface area contributed by atoms with Crippen molar-refractivity contribution in [3.05, 3.63) is 23.9 Å². The first-order valence-electron chi connectivity index (χ1n) is 4.53. The van der Waals surface area contributed by atoms with E-state index in [4.69, 9.17) is 0 Å². The normalized spacial score (nSPS) is 24.2. The molecule has 0 N–H and O–H groups in total. The Morgan fingerprint density at radius 3 is 2.33 bits per heavy atom. The maximum atomic E-state index is 2.25. The predicted octanol–water partition coefficient (Wildman–Crippen LogP) is 2.81. The van der Waals surface area contributed by atoms with Crippen molar-refractivity contribution in [2.45, 2.75) is 33.7 Å². The van der Waals surface area contributed by atoms with Crippen LogP contribution in [-0.2, 0) is 0 Å². The summed E-state index contributed by atoms with van der Waals surface area (Å²) in [4.78, 5) is 2.25. The van der Waals surface area contributed by atoms with Gasteiger partial charge in [-0.1, -0.05) is 32.9 Å². The second-order valence-corrected chi connectivity index (χ2v) is 4.60. The van der Waals surface area contributed by atoms with Crippen molar-refractivity contribution in [1.82, 2.24) is 4.90 Å². The van der Waals surface area contributed by atoms with E-state index >= 15 is 0 Å². The van der Waals surface area contributed by atoms with E-state index in [9.17, 15) is 0 Å². The maximum Gasteiger partial charge on any atom is 0.0439 e. The number of rotatable bonds is 0. The summed E-state index contributed by atoms with van der Waals surface area (Å²) in [5.41, 5.74) is 1.67. The summed E-state index contributed by atoms with van der Waals surface area (Å²) >= 11 is 0. The average molecular weight is 165 g/mol. The zero-order chi connectivity index (χ0) is 9.35. The summed E-state index contributed by atoms with van der Waals surface area (Å²) in [6.07, 6.45) is 6.73. The van der Waals surface area contributed by atoms with E-state index in [0.717, 1.165) is 0 Å². The Balaban J connectivity index is 2.84. The molecule has 0 bridgehead atoms. The fraction of sp³-hybridized carbons (Fsp3) is 0.636. The maximum absolute atomic E-state index is 2.25. The minimum Gasteiger partial charge on any atom is -0.374 e. The van der Waals surface area contributed by atoms with Gasteiger partial charge in [-0.15, -0.1) is 0 Å². The Labute approximate surface area is 75.8 Å². The molecule has 68 valence electrons.